The van der Waals surface area contributed by atoms with Gasteiger partial charge in [-0.05, 0) is 26.7 Å². The molecule has 0 aromatic rings. The third-order valence-electron chi connectivity index (χ3n) is 1.75. The maximum absolute atomic E-state index is 8.40. The van der Waals surface area contributed by atoms with Gasteiger partial charge in [-0.1, -0.05) is 26.7 Å². The summed E-state index contributed by atoms with van der Waals surface area (Å²) in [6.45, 7) is 7.28. The van der Waals surface area contributed by atoms with Crippen LogP contribution in [0.1, 0.15) is 53.4 Å². The third-order valence-corrected chi connectivity index (χ3v) is 1.75. The molecule has 0 aromatic carbocycles. The lowest BCUT2D eigenvalue weighted by atomic mass is 10.3. The first-order valence-corrected chi connectivity index (χ1v) is 6.10. The molecule has 4 nitrogen and oxygen atoms in total. The Morgan fingerprint density at radius 2 is 1.50 bits per heavy atom. The van der Waals surface area contributed by atoms with E-state index in [1.807, 2.05) is 13.8 Å². The van der Waals surface area contributed by atoms with Gasteiger partial charge in [0.05, 0.1) is 19.3 Å². The summed E-state index contributed by atoms with van der Waals surface area (Å²) in [6.07, 6.45) is 5.45. The predicted molar refractivity (Wildman–Crippen MR) is 65.2 cm³/mol. The summed E-state index contributed by atoms with van der Waals surface area (Å²) < 4.78 is 5.30. The fourth-order valence-electron chi connectivity index (χ4n) is 1.27. The van der Waals surface area contributed by atoms with Crippen molar-refractivity contribution in [3.05, 3.63) is 0 Å². The van der Waals surface area contributed by atoms with Gasteiger partial charge in [0.2, 0.25) is 0 Å². The molecule has 0 atom stereocenters. The van der Waals surface area contributed by atoms with Gasteiger partial charge in [-0.25, -0.2) is 0 Å². The molecule has 1 rings (SSSR count). The van der Waals surface area contributed by atoms with Crippen molar-refractivity contribution in [3.8, 4) is 0 Å². The molecule has 0 saturated heterocycles. The Hall–Kier alpha value is -0.160. The van der Waals surface area contributed by atoms with Crippen LogP contribution in [0.4, 0.5) is 0 Å². The van der Waals surface area contributed by atoms with E-state index in [4.69, 9.17) is 20.1 Å². The van der Waals surface area contributed by atoms with Crippen LogP contribution in [-0.4, -0.2) is 40.4 Å². The highest BCUT2D eigenvalue weighted by Crippen LogP contribution is 2.20. The van der Waals surface area contributed by atoms with Crippen LogP contribution < -0.4 is 0 Å². The second-order valence-corrected chi connectivity index (χ2v) is 4.00. The van der Waals surface area contributed by atoms with Gasteiger partial charge in [0.15, 0.2) is 5.79 Å². The van der Waals surface area contributed by atoms with Crippen molar-refractivity contribution in [2.45, 2.75) is 65.3 Å². The van der Waals surface area contributed by atoms with Crippen molar-refractivity contribution in [2.75, 3.05) is 13.2 Å². The summed E-state index contributed by atoms with van der Waals surface area (Å²) >= 11 is 0. The number of aliphatic hydroxyl groups is 3. The van der Waals surface area contributed by atoms with Crippen LogP contribution in [0.2, 0.25) is 0 Å². The summed E-state index contributed by atoms with van der Waals surface area (Å²) in [6, 6.07) is 0. The molecule has 100 valence electrons. The third kappa shape index (κ3) is 19.4. The first-order chi connectivity index (χ1) is 7.43. The van der Waals surface area contributed by atoms with Gasteiger partial charge < -0.3 is 20.1 Å². The molecule has 0 spiro atoms. The number of rotatable bonds is 3. The number of hydrogen-bond acceptors (Lipinski definition) is 4. The number of hydrogen-bond donors (Lipinski definition) is 3. The minimum absolute atomic E-state index is 0.163. The summed E-state index contributed by atoms with van der Waals surface area (Å²) in [5.41, 5.74) is 0. The first kappa shape index (κ1) is 18.2. The van der Waals surface area contributed by atoms with Crippen molar-refractivity contribution in [3.63, 3.8) is 0 Å². The van der Waals surface area contributed by atoms with Crippen LogP contribution in [-0.2, 0) is 4.74 Å². The van der Waals surface area contributed by atoms with E-state index in [9.17, 15) is 0 Å². The monoisotopic (exact) mass is 236 g/mol. The van der Waals surface area contributed by atoms with E-state index in [0.717, 1.165) is 0 Å². The van der Waals surface area contributed by atoms with Gasteiger partial charge in [0, 0.05) is 0 Å². The molecule has 1 aliphatic rings. The van der Waals surface area contributed by atoms with Crippen molar-refractivity contribution >= 4 is 0 Å². The molecule has 0 bridgehead atoms. The molecule has 0 amide bonds. The number of aliphatic hydroxyl groups excluding tert-OH is 1. The standard InChI is InChI=1S/C7H14O2.C3H8O2.C2H6/c8-5-6-9-7-3-1-2-4-7;1-3(2,4)5;1-2/h7-8H,1-6H2;4-5H,1-2H3;1-2H3. The van der Waals surface area contributed by atoms with Crippen molar-refractivity contribution in [1.82, 2.24) is 0 Å². The average molecular weight is 236 g/mol. The lowest BCUT2D eigenvalue weighted by Crippen LogP contribution is -2.15. The van der Waals surface area contributed by atoms with Crippen LogP contribution in [0.5, 0.6) is 0 Å². The molecule has 0 aliphatic heterocycles. The summed E-state index contributed by atoms with van der Waals surface area (Å²) in [5, 5.41) is 24.6. The quantitative estimate of drug-likeness (QED) is 0.652. The zero-order valence-electron chi connectivity index (χ0n) is 11.1. The molecule has 1 saturated carbocycles. The van der Waals surface area contributed by atoms with Gasteiger partial charge in [0.1, 0.15) is 0 Å². The van der Waals surface area contributed by atoms with E-state index in [0.29, 0.717) is 12.7 Å². The largest absolute Gasteiger partial charge is 0.394 e. The van der Waals surface area contributed by atoms with Crippen molar-refractivity contribution in [2.24, 2.45) is 0 Å². The first-order valence-electron chi connectivity index (χ1n) is 6.10. The van der Waals surface area contributed by atoms with Gasteiger partial charge >= 0.3 is 0 Å². The van der Waals surface area contributed by atoms with Crippen LogP contribution in [0.3, 0.4) is 0 Å². The summed E-state index contributed by atoms with van der Waals surface area (Å²) in [7, 11) is 0. The molecule has 1 fully saturated rings. The second kappa shape index (κ2) is 11.3. The zero-order valence-corrected chi connectivity index (χ0v) is 11.1. The van der Waals surface area contributed by atoms with Crippen molar-refractivity contribution < 1.29 is 20.1 Å². The van der Waals surface area contributed by atoms with Gasteiger partial charge in [-0.3, -0.25) is 0 Å². The SMILES string of the molecule is CC.CC(C)(O)O.OCCOC1CCCC1. The molecule has 16 heavy (non-hydrogen) atoms. The molecule has 0 aromatic heterocycles. The van der Waals surface area contributed by atoms with E-state index in [1.165, 1.54) is 39.5 Å². The van der Waals surface area contributed by atoms with Gasteiger partial charge in [-0.15, -0.1) is 0 Å². The Bertz CT molecular complexity index is 119. The smallest absolute Gasteiger partial charge is 0.156 e. The van der Waals surface area contributed by atoms with E-state index >= 15 is 0 Å². The summed E-state index contributed by atoms with van der Waals surface area (Å²) in [5.74, 6) is -1.50. The van der Waals surface area contributed by atoms with Crippen LogP contribution in [0.15, 0.2) is 0 Å². The fraction of sp³-hybridized carbons (Fsp3) is 1.00. The molecule has 4 heteroatoms. The lowest BCUT2D eigenvalue weighted by molar-refractivity contribution is -0.127. The van der Waals surface area contributed by atoms with Crippen LogP contribution in [0.25, 0.3) is 0 Å². The molecule has 3 N–H and O–H groups in total. The molecular weight excluding hydrogens is 208 g/mol. The molecule has 0 unspecified atom stereocenters. The Labute approximate surface area is 99.3 Å². The average Bonchev–Trinajstić information content (AvgIpc) is 2.68. The Morgan fingerprint density at radius 3 is 1.81 bits per heavy atom. The van der Waals surface area contributed by atoms with E-state index in [1.54, 1.807) is 0 Å². The van der Waals surface area contributed by atoms with E-state index < -0.39 is 5.79 Å². The minimum atomic E-state index is -1.50. The van der Waals surface area contributed by atoms with Gasteiger partial charge in [0.25, 0.3) is 0 Å². The lowest BCUT2D eigenvalue weighted by Gasteiger charge is -2.07. The fourth-order valence-corrected chi connectivity index (χ4v) is 1.27. The normalized spacial score (nSPS) is 15.9. The highest BCUT2D eigenvalue weighted by atomic mass is 16.5. The number of ether oxygens (including phenoxy) is 1. The zero-order chi connectivity index (χ0) is 13.0. The Kier molecular flexibility index (Phi) is 12.9. The second-order valence-electron chi connectivity index (χ2n) is 4.00. The van der Waals surface area contributed by atoms with Gasteiger partial charge in [-0.2, -0.15) is 0 Å². The topological polar surface area (TPSA) is 69.9 Å². The molecule has 0 radical (unpaired) electrons. The Morgan fingerprint density at radius 1 is 1.12 bits per heavy atom. The maximum atomic E-state index is 8.40. The van der Waals surface area contributed by atoms with E-state index in [-0.39, 0.29) is 6.61 Å². The predicted octanol–water partition coefficient (Wildman–Crippen LogP) is 1.67. The van der Waals surface area contributed by atoms with Crippen LogP contribution >= 0.6 is 0 Å². The molecule has 0 heterocycles. The minimum Gasteiger partial charge on any atom is -0.394 e. The maximum Gasteiger partial charge on any atom is 0.156 e. The van der Waals surface area contributed by atoms with Crippen LogP contribution in [0, 0.1) is 0 Å². The molecular formula is C12H28O4. The summed E-state index contributed by atoms with van der Waals surface area (Å²) in [4.78, 5) is 0. The Balaban J connectivity index is 0. The highest BCUT2D eigenvalue weighted by molar-refractivity contribution is 4.66. The van der Waals surface area contributed by atoms with Crippen molar-refractivity contribution in [1.29, 1.82) is 0 Å². The highest BCUT2D eigenvalue weighted by Gasteiger charge is 2.14. The molecule has 1 aliphatic carbocycles. The van der Waals surface area contributed by atoms with E-state index in [2.05, 4.69) is 0 Å².